The lowest BCUT2D eigenvalue weighted by Crippen LogP contribution is -2.34. The molecule has 0 aromatic heterocycles. The Morgan fingerprint density at radius 1 is 1.25 bits per heavy atom. The van der Waals surface area contributed by atoms with Gasteiger partial charge in [-0.15, -0.1) is 0 Å². The average Bonchev–Trinajstić information content (AvgIpc) is 2.41. The number of halogens is 3. The van der Waals surface area contributed by atoms with Crippen LogP contribution in [0, 0.1) is 0 Å². The molecule has 1 aromatic rings. The molecular weight excluding hydrogens is 273 g/mol. The molecule has 0 fully saturated rings. The Morgan fingerprint density at radius 3 is 2.45 bits per heavy atom. The molecule has 2 N–H and O–H groups in total. The van der Waals surface area contributed by atoms with E-state index < -0.39 is 11.7 Å². The molecule has 4 nitrogen and oxygen atoms in total. The molecule has 1 rings (SSSR count). The molecule has 0 saturated carbocycles. The third kappa shape index (κ3) is 6.03. The van der Waals surface area contributed by atoms with E-state index >= 15 is 0 Å². The van der Waals surface area contributed by atoms with Crippen molar-refractivity contribution in [3.05, 3.63) is 35.4 Å². The van der Waals surface area contributed by atoms with Crippen LogP contribution in [0.4, 0.5) is 13.2 Å². The smallest absolute Gasteiger partial charge is 0.383 e. The van der Waals surface area contributed by atoms with Crippen molar-refractivity contribution >= 4 is 5.91 Å². The minimum Gasteiger partial charge on any atom is -0.383 e. The summed E-state index contributed by atoms with van der Waals surface area (Å²) in [6.45, 7) is 1.41. The maximum Gasteiger partial charge on any atom is 0.416 e. The molecule has 7 heteroatoms. The Labute approximate surface area is 115 Å². The number of carbonyl (C=O) groups excluding carboxylic acids is 1. The maximum atomic E-state index is 12.3. The molecule has 20 heavy (non-hydrogen) atoms. The molecular formula is C13H17F3N2O2. The number of rotatable bonds is 7. The zero-order valence-corrected chi connectivity index (χ0v) is 11.1. The lowest BCUT2D eigenvalue weighted by Gasteiger charge is -2.09. The fraction of sp³-hybridized carbons (Fsp3) is 0.462. The predicted molar refractivity (Wildman–Crippen MR) is 68.0 cm³/mol. The molecule has 0 saturated heterocycles. The van der Waals surface area contributed by atoms with Gasteiger partial charge in [0.15, 0.2) is 0 Å². The van der Waals surface area contributed by atoms with Gasteiger partial charge in [-0.2, -0.15) is 13.2 Å². The minimum atomic E-state index is -4.34. The van der Waals surface area contributed by atoms with Crippen molar-refractivity contribution in [2.24, 2.45) is 0 Å². The minimum absolute atomic E-state index is 0.143. The number of methoxy groups -OCH3 is 1. The van der Waals surface area contributed by atoms with E-state index in [0.717, 1.165) is 12.1 Å². The van der Waals surface area contributed by atoms with Crippen molar-refractivity contribution in [1.82, 2.24) is 10.6 Å². The van der Waals surface area contributed by atoms with Crippen LogP contribution in [0.1, 0.15) is 11.1 Å². The monoisotopic (exact) mass is 290 g/mol. The van der Waals surface area contributed by atoms with Crippen LogP contribution in [-0.2, 0) is 22.3 Å². The molecule has 0 heterocycles. The Hall–Kier alpha value is -1.60. The molecule has 112 valence electrons. The van der Waals surface area contributed by atoms with Gasteiger partial charge in [-0.3, -0.25) is 4.79 Å². The summed E-state index contributed by atoms with van der Waals surface area (Å²) in [7, 11) is 1.56. The standard InChI is InChI=1S/C13H17F3N2O2/c1-20-7-6-17-9-12(19)18-8-10-2-4-11(5-3-10)13(14,15)16/h2-5,17H,6-9H2,1H3,(H,18,19). The summed E-state index contributed by atoms with van der Waals surface area (Å²) in [4.78, 5) is 11.4. The number of hydrogen-bond donors (Lipinski definition) is 2. The Morgan fingerprint density at radius 2 is 1.90 bits per heavy atom. The number of nitrogens with one attached hydrogen (secondary N) is 2. The largest absolute Gasteiger partial charge is 0.416 e. The quantitative estimate of drug-likeness (QED) is 0.749. The topological polar surface area (TPSA) is 50.4 Å². The summed E-state index contributed by atoms with van der Waals surface area (Å²) in [6, 6.07) is 4.69. The zero-order chi connectivity index (χ0) is 15.0. The summed E-state index contributed by atoms with van der Waals surface area (Å²) in [5, 5.41) is 5.48. The number of ether oxygens (including phenoxy) is 1. The van der Waals surface area contributed by atoms with Crippen LogP contribution in [0.5, 0.6) is 0 Å². The number of alkyl halides is 3. The molecule has 0 radical (unpaired) electrons. The third-order valence-corrected chi connectivity index (χ3v) is 2.54. The van der Waals surface area contributed by atoms with Crippen molar-refractivity contribution < 1.29 is 22.7 Å². The summed E-state index contributed by atoms with van der Waals surface area (Å²) < 4.78 is 41.8. The Bertz CT molecular complexity index is 419. The van der Waals surface area contributed by atoms with Gasteiger partial charge in [0.1, 0.15) is 0 Å². The third-order valence-electron chi connectivity index (χ3n) is 2.54. The van der Waals surface area contributed by atoms with Crippen LogP contribution in [0.3, 0.4) is 0 Å². The second kappa shape index (κ2) is 7.86. The van der Waals surface area contributed by atoms with Crippen LogP contribution < -0.4 is 10.6 Å². The lowest BCUT2D eigenvalue weighted by molar-refractivity contribution is -0.137. The van der Waals surface area contributed by atoms with Crippen LogP contribution in [0.2, 0.25) is 0 Å². The van der Waals surface area contributed by atoms with Crippen LogP contribution in [0.15, 0.2) is 24.3 Å². The zero-order valence-electron chi connectivity index (χ0n) is 11.1. The fourth-order valence-corrected chi connectivity index (χ4v) is 1.45. The van der Waals surface area contributed by atoms with Crippen molar-refractivity contribution in [2.75, 3.05) is 26.8 Å². The molecule has 0 unspecified atom stereocenters. The first-order valence-electron chi connectivity index (χ1n) is 6.06. The Kier molecular flexibility index (Phi) is 6.47. The predicted octanol–water partition coefficient (Wildman–Crippen LogP) is 1.56. The van der Waals surface area contributed by atoms with Crippen molar-refractivity contribution in [3.8, 4) is 0 Å². The van der Waals surface area contributed by atoms with Gasteiger partial charge in [0, 0.05) is 20.2 Å². The van der Waals surface area contributed by atoms with Gasteiger partial charge in [0.25, 0.3) is 0 Å². The molecule has 0 aliphatic heterocycles. The molecule has 1 aromatic carbocycles. The van der Waals surface area contributed by atoms with Crippen molar-refractivity contribution in [1.29, 1.82) is 0 Å². The van der Waals surface area contributed by atoms with Crippen LogP contribution in [-0.4, -0.2) is 32.7 Å². The number of amides is 1. The molecule has 0 spiro atoms. The van der Waals surface area contributed by atoms with Gasteiger partial charge in [0.05, 0.1) is 18.7 Å². The lowest BCUT2D eigenvalue weighted by atomic mass is 10.1. The fourth-order valence-electron chi connectivity index (χ4n) is 1.45. The van der Waals surface area contributed by atoms with E-state index in [-0.39, 0.29) is 19.0 Å². The van der Waals surface area contributed by atoms with E-state index in [2.05, 4.69) is 10.6 Å². The van der Waals surface area contributed by atoms with Gasteiger partial charge in [0.2, 0.25) is 5.91 Å². The number of benzene rings is 1. The first kappa shape index (κ1) is 16.5. The van der Waals surface area contributed by atoms with Crippen LogP contribution in [0.25, 0.3) is 0 Å². The normalized spacial score (nSPS) is 11.4. The van der Waals surface area contributed by atoms with Gasteiger partial charge in [-0.25, -0.2) is 0 Å². The first-order valence-corrected chi connectivity index (χ1v) is 6.06. The summed E-state index contributed by atoms with van der Waals surface area (Å²) in [5.41, 5.74) is -0.0861. The summed E-state index contributed by atoms with van der Waals surface area (Å²) in [5.74, 6) is -0.221. The molecule has 0 aliphatic rings. The highest BCUT2D eigenvalue weighted by molar-refractivity contribution is 5.77. The van der Waals surface area contributed by atoms with Gasteiger partial charge >= 0.3 is 6.18 Å². The number of hydrogen-bond acceptors (Lipinski definition) is 3. The SMILES string of the molecule is COCCNCC(=O)NCc1ccc(C(F)(F)F)cc1. The highest BCUT2D eigenvalue weighted by Gasteiger charge is 2.29. The Balaban J connectivity index is 2.33. The molecule has 1 amide bonds. The first-order chi connectivity index (χ1) is 9.43. The summed E-state index contributed by atoms with van der Waals surface area (Å²) in [6.07, 6.45) is -4.34. The molecule has 0 atom stereocenters. The van der Waals surface area contributed by atoms with E-state index in [1.807, 2.05) is 0 Å². The maximum absolute atomic E-state index is 12.3. The van der Waals surface area contributed by atoms with Gasteiger partial charge < -0.3 is 15.4 Å². The van der Waals surface area contributed by atoms with E-state index in [9.17, 15) is 18.0 Å². The van der Waals surface area contributed by atoms with E-state index in [1.165, 1.54) is 12.1 Å². The van der Waals surface area contributed by atoms with Crippen molar-refractivity contribution in [3.63, 3.8) is 0 Å². The number of carbonyl (C=O) groups is 1. The van der Waals surface area contributed by atoms with Gasteiger partial charge in [-0.1, -0.05) is 12.1 Å². The molecule has 0 bridgehead atoms. The van der Waals surface area contributed by atoms with E-state index in [1.54, 1.807) is 7.11 Å². The van der Waals surface area contributed by atoms with Gasteiger partial charge in [-0.05, 0) is 17.7 Å². The highest BCUT2D eigenvalue weighted by Crippen LogP contribution is 2.28. The highest BCUT2D eigenvalue weighted by atomic mass is 19.4. The molecule has 0 aliphatic carbocycles. The second-order valence-corrected chi connectivity index (χ2v) is 4.14. The summed E-state index contributed by atoms with van der Waals surface area (Å²) >= 11 is 0. The van der Waals surface area contributed by atoms with E-state index in [0.29, 0.717) is 18.7 Å². The van der Waals surface area contributed by atoms with E-state index in [4.69, 9.17) is 4.74 Å². The average molecular weight is 290 g/mol. The van der Waals surface area contributed by atoms with Crippen molar-refractivity contribution in [2.45, 2.75) is 12.7 Å². The second-order valence-electron chi connectivity index (χ2n) is 4.14. The van der Waals surface area contributed by atoms with Crippen LogP contribution >= 0.6 is 0 Å².